The van der Waals surface area contributed by atoms with Gasteiger partial charge in [0.2, 0.25) is 0 Å². The first-order valence-electron chi connectivity index (χ1n) is 13.2. The monoisotopic (exact) mass is 596 g/mol. The third kappa shape index (κ3) is 6.11. The number of benzene rings is 3. The number of amides is 2. The number of carbonyl (C=O) groups excluding carboxylic acids is 1. The highest BCUT2D eigenvalue weighted by molar-refractivity contribution is 6.02. The van der Waals surface area contributed by atoms with Crippen LogP contribution in [-0.2, 0) is 6.18 Å². The topological polar surface area (TPSA) is 118 Å². The number of alkyl halides is 3. The van der Waals surface area contributed by atoms with Crippen molar-refractivity contribution in [1.82, 2.24) is 24.6 Å². The Bertz CT molecular complexity index is 1930. The van der Waals surface area contributed by atoms with Crippen molar-refractivity contribution in [2.45, 2.75) is 6.18 Å². The lowest BCUT2D eigenvalue weighted by Gasteiger charge is -2.15. The van der Waals surface area contributed by atoms with E-state index in [2.05, 4.69) is 36.0 Å². The van der Waals surface area contributed by atoms with E-state index in [1.807, 2.05) is 24.4 Å². The van der Waals surface area contributed by atoms with Crippen LogP contribution in [0.25, 0.3) is 27.9 Å². The lowest BCUT2D eigenvalue weighted by atomic mass is 10.0. The van der Waals surface area contributed by atoms with Gasteiger partial charge in [0, 0.05) is 24.4 Å². The van der Waals surface area contributed by atoms with Crippen molar-refractivity contribution in [1.29, 1.82) is 0 Å². The number of hydrogen-bond donors (Lipinski definition) is 3. The maximum Gasteiger partial charge on any atom is 0.416 e. The average molecular weight is 597 g/mol. The predicted octanol–water partition coefficient (Wildman–Crippen LogP) is 7.35. The zero-order valence-electron chi connectivity index (χ0n) is 23.0. The highest BCUT2D eigenvalue weighted by Gasteiger charge is 2.31. The van der Waals surface area contributed by atoms with E-state index in [0.717, 1.165) is 29.1 Å². The van der Waals surface area contributed by atoms with E-state index < -0.39 is 17.8 Å². The van der Waals surface area contributed by atoms with Gasteiger partial charge in [0.05, 0.1) is 35.5 Å². The fourth-order valence-corrected chi connectivity index (χ4v) is 4.43. The maximum atomic E-state index is 13.4. The summed E-state index contributed by atoms with van der Waals surface area (Å²) in [6.07, 6.45) is 1.63. The summed E-state index contributed by atoms with van der Waals surface area (Å²) in [5.74, 6) is 1.20. The first kappa shape index (κ1) is 28.2. The normalized spacial score (nSPS) is 11.3. The molecule has 3 aromatic heterocycles. The van der Waals surface area contributed by atoms with Gasteiger partial charge in [0.25, 0.3) is 0 Å². The number of carbonyl (C=O) groups is 1. The van der Waals surface area contributed by atoms with Gasteiger partial charge < -0.3 is 20.7 Å². The summed E-state index contributed by atoms with van der Waals surface area (Å²) in [4.78, 5) is 25.6. The Morgan fingerprint density at radius 3 is 2.27 bits per heavy atom. The van der Waals surface area contributed by atoms with Gasteiger partial charge in [-0.25, -0.2) is 24.3 Å². The number of urea groups is 1. The van der Waals surface area contributed by atoms with Crippen LogP contribution in [0.1, 0.15) is 5.56 Å². The predicted molar refractivity (Wildman–Crippen MR) is 160 cm³/mol. The SMILES string of the molecule is CNc1ccn2ncc(-c3ccc(Oc4ncc(NC(=O)Nc5cc(C(F)(F)F)ccc5-c5ccccc5)cn4)cc3)c2n1. The number of fused-ring (bicyclic) bond motifs is 1. The van der Waals surface area contributed by atoms with Gasteiger partial charge in [-0.2, -0.15) is 18.3 Å². The Kier molecular flexibility index (Phi) is 7.50. The Hall–Kier alpha value is -5.98. The van der Waals surface area contributed by atoms with Crippen LogP contribution in [0.4, 0.5) is 35.2 Å². The van der Waals surface area contributed by atoms with Gasteiger partial charge in [-0.3, -0.25) is 0 Å². The Balaban J connectivity index is 1.12. The summed E-state index contributed by atoms with van der Waals surface area (Å²) in [6.45, 7) is 0. The largest absolute Gasteiger partial charge is 0.424 e. The highest BCUT2D eigenvalue weighted by atomic mass is 19.4. The first-order chi connectivity index (χ1) is 21.3. The molecule has 3 N–H and O–H groups in total. The minimum absolute atomic E-state index is 0.00443. The molecular formula is C31H23F3N8O2. The molecule has 0 aliphatic carbocycles. The molecule has 44 heavy (non-hydrogen) atoms. The summed E-state index contributed by atoms with van der Waals surface area (Å²) in [7, 11) is 1.79. The molecule has 2 amide bonds. The average Bonchev–Trinajstić information content (AvgIpc) is 3.45. The van der Waals surface area contributed by atoms with Crippen molar-refractivity contribution >= 4 is 28.9 Å². The molecule has 0 atom stereocenters. The lowest BCUT2D eigenvalue weighted by molar-refractivity contribution is -0.137. The summed E-state index contributed by atoms with van der Waals surface area (Å²) in [6, 6.07) is 20.3. The molecule has 3 heterocycles. The zero-order valence-corrected chi connectivity index (χ0v) is 23.0. The molecule has 0 fully saturated rings. The molecule has 0 unspecified atom stereocenters. The minimum Gasteiger partial charge on any atom is -0.424 e. The number of hydrogen-bond acceptors (Lipinski definition) is 7. The van der Waals surface area contributed by atoms with E-state index in [9.17, 15) is 18.0 Å². The fourth-order valence-electron chi connectivity index (χ4n) is 4.43. The molecular weight excluding hydrogens is 573 g/mol. The van der Waals surface area contributed by atoms with Crippen molar-refractivity contribution in [3.05, 3.63) is 109 Å². The second-order valence-electron chi connectivity index (χ2n) is 9.47. The third-order valence-electron chi connectivity index (χ3n) is 6.57. The number of anilines is 3. The van der Waals surface area contributed by atoms with Crippen LogP contribution in [0.3, 0.4) is 0 Å². The van der Waals surface area contributed by atoms with E-state index in [0.29, 0.717) is 22.5 Å². The van der Waals surface area contributed by atoms with Crippen LogP contribution in [0.5, 0.6) is 11.8 Å². The molecule has 0 saturated carbocycles. The molecule has 6 rings (SSSR count). The van der Waals surface area contributed by atoms with Crippen molar-refractivity contribution in [3.63, 3.8) is 0 Å². The molecule has 10 nitrogen and oxygen atoms in total. The van der Waals surface area contributed by atoms with Crippen LogP contribution in [0, 0.1) is 0 Å². The summed E-state index contributed by atoms with van der Waals surface area (Å²) in [5, 5.41) is 12.4. The number of rotatable bonds is 7. The quantitative estimate of drug-likeness (QED) is 0.176. The molecule has 0 aliphatic heterocycles. The second-order valence-corrected chi connectivity index (χ2v) is 9.47. The van der Waals surface area contributed by atoms with Crippen molar-refractivity contribution in [2.75, 3.05) is 23.0 Å². The molecule has 0 radical (unpaired) electrons. The number of aromatic nitrogens is 5. The van der Waals surface area contributed by atoms with Crippen LogP contribution in [0.2, 0.25) is 0 Å². The van der Waals surface area contributed by atoms with E-state index in [1.54, 1.807) is 60.2 Å². The van der Waals surface area contributed by atoms with Crippen LogP contribution < -0.4 is 20.7 Å². The summed E-state index contributed by atoms with van der Waals surface area (Å²) in [5.41, 5.74) is 2.83. The number of nitrogens with zero attached hydrogens (tertiary/aromatic N) is 5. The van der Waals surface area contributed by atoms with Crippen LogP contribution in [-0.4, -0.2) is 37.6 Å². The Labute approximate surface area is 248 Å². The van der Waals surface area contributed by atoms with Gasteiger partial charge in [-0.05, 0) is 41.5 Å². The number of ether oxygens (including phenoxy) is 1. The van der Waals surface area contributed by atoms with Gasteiger partial charge in [-0.1, -0.05) is 48.5 Å². The van der Waals surface area contributed by atoms with Gasteiger partial charge in [0.1, 0.15) is 11.6 Å². The van der Waals surface area contributed by atoms with Crippen molar-refractivity contribution < 1.29 is 22.7 Å². The third-order valence-corrected chi connectivity index (χ3v) is 6.57. The number of nitrogens with one attached hydrogen (secondary N) is 3. The smallest absolute Gasteiger partial charge is 0.416 e. The molecule has 220 valence electrons. The van der Waals surface area contributed by atoms with Gasteiger partial charge >= 0.3 is 18.2 Å². The van der Waals surface area contributed by atoms with Gasteiger partial charge in [-0.15, -0.1) is 0 Å². The van der Waals surface area contributed by atoms with Crippen LogP contribution in [0.15, 0.2) is 104 Å². The zero-order chi connectivity index (χ0) is 30.7. The van der Waals surface area contributed by atoms with E-state index in [-0.39, 0.29) is 17.4 Å². The molecule has 13 heteroatoms. The fraction of sp³-hybridized carbons (Fsp3) is 0.0645. The second kappa shape index (κ2) is 11.7. The van der Waals surface area contributed by atoms with Crippen molar-refractivity contribution in [3.8, 4) is 34.0 Å². The molecule has 6 aromatic rings. The molecule has 3 aromatic carbocycles. The first-order valence-corrected chi connectivity index (χ1v) is 13.2. The van der Waals surface area contributed by atoms with E-state index in [4.69, 9.17) is 4.74 Å². The highest BCUT2D eigenvalue weighted by Crippen LogP contribution is 2.36. The molecule has 0 aliphatic rings. The Morgan fingerprint density at radius 1 is 0.841 bits per heavy atom. The summed E-state index contributed by atoms with van der Waals surface area (Å²) < 4.78 is 47.6. The Morgan fingerprint density at radius 2 is 1.57 bits per heavy atom. The molecule has 0 bridgehead atoms. The number of halogens is 3. The van der Waals surface area contributed by atoms with Gasteiger partial charge in [0.15, 0.2) is 5.65 Å². The standard InChI is InChI=1S/C31H23F3N8O2/c1-35-27-13-14-42-28(41-27)25(18-38-42)20-7-10-23(11-8-20)44-30-36-16-22(17-37-30)39-29(43)40-26-15-21(31(32,33)34)9-12-24(26)19-5-3-2-4-6-19/h2-18H,1H3,(H,35,41)(H2,39,40,43). The summed E-state index contributed by atoms with van der Waals surface area (Å²) >= 11 is 0. The minimum atomic E-state index is -4.58. The maximum absolute atomic E-state index is 13.4. The molecule has 0 saturated heterocycles. The van der Waals surface area contributed by atoms with E-state index >= 15 is 0 Å². The molecule has 0 spiro atoms. The lowest BCUT2D eigenvalue weighted by Crippen LogP contribution is -2.20. The van der Waals surface area contributed by atoms with Crippen LogP contribution >= 0.6 is 0 Å². The van der Waals surface area contributed by atoms with Crippen molar-refractivity contribution in [2.24, 2.45) is 0 Å². The van der Waals surface area contributed by atoms with E-state index in [1.165, 1.54) is 18.5 Å².